The molecule has 0 bridgehead atoms. The van der Waals surface area contributed by atoms with Crippen LogP contribution in [-0.2, 0) is 38.2 Å². The molecular formula is C32H44N3O12P. The van der Waals surface area contributed by atoms with Gasteiger partial charge in [0.2, 0.25) is 0 Å². The molecule has 16 heteroatoms. The number of carboxylic acid groups (broad SMARTS) is 4. The molecule has 0 heterocycles. The van der Waals surface area contributed by atoms with Crippen LogP contribution in [0.2, 0.25) is 0 Å². The molecule has 1 saturated carbocycles. The molecule has 2 atom stereocenters. The first kappa shape index (κ1) is 38.8. The maximum absolute atomic E-state index is 13.2. The van der Waals surface area contributed by atoms with Gasteiger partial charge in [0.1, 0.15) is 0 Å². The number of phosphoric acid groups is 1. The summed E-state index contributed by atoms with van der Waals surface area (Å²) in [4.78, 5) is 60.0. The molecule has 15 nitrogen and oxygen atoms in total. The summed E-state index contributed by atoms with van der Waals surface area (Å²) >= 11 is 0. The zero-order valence-corrected chi connectivity index (χ0v) is 27.7. The van der Waals surface area contributed by atoms with Crippen molar-refractivity contribution in [3.8, 4) is 0 Å². The van der Waals surface area contributed by atoms with Crippen molar-refractivity contribution in [2.45, 2.75) is 43.2 Å². The van der Waals surface area contributed by atoms with E-state index in [0.717, 1.165) is 16.0 Å². The molecule has 0 aliphatic heterocycles. The van der Waals surface area contributed by atoms with Gasteiger partial charge >= 0.3 is 31.7 Å². The largest absolute Gasteiger partial charge is 0.480 e. The molecule has 5 N–H and O–H groups in total. The molecule has 0 radical (unpaired) electrons. The first-order valence-corrected chi connectivity index (χ1v) is 17.0. The van der Waals surface area contributed by atoms with E-state index in [-0.39, 0.29) is 25.0 Å². The highest BCUT2D eigenvalue weighted by molar-refractivity contribution is 7.47. The lowest BCUT2D eigenvalue weighted by Crippen LogP contribution is -2.49. The summed E-state index contributed by atoms with van der Waals surface area (Å²) < 4.78 is 24.1. The Labute approximate surface area is 278 Å². The minimum absolute atomic E-state index is 0.0930. The van der Waals surface area contributed by atoms with Crippen LogP contribution in [0.25, 0.3) is 0 Å². The summed E-state index contributed by atoms with van der Waals surface area (Å²) in [7, 11) is -3.23. The van der Waals surface area contributed by atoms with Crippen LogP contribution >= 0.6 is 7.82 Å². The molecule has 0 spiro atoms. The third-order valence-electron chi connectivity index (χ3n) is 8.44. The van der Waals surface area contributed by atoms with E-state index in [4.69, 9.17) is 19.3 Å². The number of carbonyl (C=O) groups is 4. The summed E-state index contributed by atoms with van der Waals surface area (Å²) in [5.74, 6) is -4.98. The molecule has 2 aromatic rings. The van der Waals surface area contributed by atoms with Crippen molar-refractivity contribution in [2.24, 2.45) is 0 Å². The third kappa shape index (κ3) is 12.4. The Balaban J connectivity index is 1.68. The number of hydrogen-bond donors (Lipinski definition) is 5. The average Bonchev–Trinajstić information content (AvgIpc) is 3.01. The van der Waals surface area contributed by atoms with Crippen LogP contribution in [0.3, 0.4) is 0 Å². The number of benzene rings is 2. The second kappa shape index (κ2) is 18.2. The summed E-state index contributed by atoms with van der Waals surface area (Å²) in [6.07, 6.45) is 1.65. The van der Waals surface area contributed by atoms with Gasteiger partial charge in [0.25, 0.3) is 0 Å². The van der Waals surface area contributed by atoms with Crippen LogP contribution < -0.4 is 0 Å². The molecular weight excluding hydrogens is 649 g/mol. The van der Waals surface area contributed by atoms with E-state index >= 15 is 0 Å². The van der Waals surface area contributed by atoms with Gasteiger partial charge in [0.15, 0.2) is 0 Å². The highest BCUT2D eigenvalue weighted by atomic mass is 31.2. The Morgan fingerprint density at radius 3 is 1.67 bits per heavy atom. The van der Waals surface area contributed by atoms with Crippen molar-refractivity contribution in [3.05, 3.63) is 71.8 Å². The van der Waals surface area contributed by atoms with Crippen LogP contribution in [-0.4, -0.2) is 136 Å². The molecule has 0 saturated heterocycles. The SMILES string of the molecule is CN(CC(=O)O)[C@@H](COP(=O)(O)OC1CCC(c2ccccc2)(c2ccccc2)CC1)CN(CCN(CC(=O)O)CC(=O)O)CC(=O)O. The third-order valence-corrected chi connectivity index (χ3v) is 9.48. The van der Waals surface area contributed by atoms with Crippen LogP contribution in [0.5, 0.6) is 0 Å². The van der Waals surface area contributed by atoms with Gasteiger partial charge in [-0.1, -0.05) is 60.7 Å². The quantitative estimate of drug-likeness (QED) is 0.119. The monoisotopic (exact) mass is 693 g/mol. The van der Waals surface area contributed by atoms with Crippen molar-refractivity contribution >= 4 is 31.7 Å². The van der Waals surface area contributed by atoms with Gasteiger partial charge in [-0.2, -0.15) is 0 Å². The normalized spacial score (nSPS) is 16.9. The molecule has 0 amide bonds. The number of carboxylic acids is 4. The van der Waals surface area contributed by atoms with Gasteiger partial charge in [0.05, 0.1) is 38.9 Å². The van der Waals surface area contributed by atoms with Crippen molar-refractivity contribution in [2.75, 3.05) is 59.5 Å². The summed E-state index contributed by atoms with van der Waals surface area (Å²) in [6, 6.07) is 19.2. The minimum atomic E-state index is -4.66. The molecule has 0 aromatic heterocycles. The van der Waals surface area contributed by atoms with Gasteiger partial charge in [0, 0.05) is 31.1 Å². The number of aliphatic carboxylic acids is 4. The van der Waals surface area contributed by atoms with E-state index in [1.54, 1.807) is 0 Å². The Kier molecular flexibility index (Phi) is 14.7. The smallest absolute Gasteiger partial charge is 0.472 e. The molecule has 264 valence electrons. The van der Waals surface area contributed by atoms with Crippen LogP contribution in [0.1, 0.15) is 36.8 Å². The Hall–Kier alpha value is -3.69. The first-order valence-electron chi connectivity index (χ1n) is 15.5. The summed E-state index contributed by atoms with van der Waals surface area (Å²) in [5.41, 5.74) is 1.98. The van der Waals surface area contributed by atoms with Crippen LogP contribution in [0.4, 0.5) is 0 Å². The van der Waals surface area contributed by atoms with Crippen molar-refractivity contribution < 1.29 is 58.1 Å². The second-order valence-corrected chi connectivity index (χ2v) is 13.4. The fourth-order valence-electron chi connectivity index (χ4n) is 6.11. The molecule has 1 aliphatic carbocycles. The van der Waals surface area contributed by atoms with Crippen molar-refractivity contribution in [3.63, 3.8) is 0 Å². The van der Waals surface area contributed by atoms with Crippen molar-refractivity contribution in [1.82, 2.24) is 14.7 Å². The van der Waals surface area contributed by atoms with Gasteiger partial charge in [-0.3, -0.25) is 42.9 Å². The maximum atomic E-state index is 13.2. The second-order valence-electron chi connectivity index (χ2n) is 12.0. The number of likely N-dealkylation sites (N-methyl/N-ethyl adjacent to an activating group) is 1. The fraction of sp³-hybridized carbons (Fsp3) is 0.500. The van der Waals surface area contributed by atoms with Gasteiger partial charge in [-0.15, -0.1) is 0 Å². The van der Waals surface area contributed by atoms with Gasteiger partial charge < -0.3 is 25.3 Å². The summed E-state index contributed by atoms with van der Waals surface area (Å²) in [6.45, 7) is -3.12. The molecule has 1 fully saturated rings. The number of phosphoric ester groups is 1. The average molecular weight is 694 g/mol. The van der Waals surface area contributed by atoms with Crippen LogP contribution in [0, 0.1) is 0 Å². The van der Waals surface area contributed by atoms with E-state index in [1.807, 2.05) is 36.4 Å². The molecule has 3 rings (SSSR count). The predicted octanol–water partition coefficient (Wildman–Crippen LogP) is 2.29. The fourth-order valence-corrected chi connectivity index (χ4v) is 7.12. The molecule has 48 heavy (non-hydrogen) atoms. The maximum Gasteiger partial charge on any atom is 0.472 e. The lowest BCUT2D eigenvalue weighted by Gasteiger charge is -2.41. The van der Waals surface area contributed by atoms with E-state index in [1.165, 1.54) is 16.8 Å². The summed E-state index contributed by atoms with van der Waals surface area (Å²) in [5, 5.41) is 37.1. The van der Waals surface area contributed by atoms with Crippen molar-refractivity contribution in [1.29, 1.82) is 0 Å². The number of hydrogen-bond acceptors (Lipinski definition) is 10. The first-order chi connectivity index (χ1) is 22.7. The zero-order valence-electron chi connectivity index (χ0n) is 26.8. The predicted molar refractivity (Wildman–Crippen MR) is 173 cm³/mol. The molecule has 2 aromatic carbocycles. The van der Waals surface area contributed by atoms with E-state index in [2.05, 4.69) is 24.3 Å². The van der Waals surface area contributed by atoms with Gasteiger partial charge in [-0.05, 0) is 43.9 Å². The topological polar surface area (TPSA) is 215 Å². The minimum Gasteiger partial charge on any atom is -0.480 e. The lowest BCUT2D eigenvalue weighted by atomic mass is 9.65. The standard InChI is InChI=1S/C32H44N3O12P/c1-33(19-28(36)37)26(18-34(20-29(38)39)16-17-35(21-30(40)41)22-31(42)43)23-46-48(44,45)47-27-12-14-32(15-13-27,24-8-4-2-5-9-24)25-10-6-3-7-11-25/h2-11,26-27H,12-23H2,1H3,(H,36,37)(H,38,39)(H,40,41)(H,42,43)(H,44,45)/t26-/m1/s1. The Morgan fingerprint density at radius 2 is 1.21 bits per heavy atom. The number of rotatable bonds is 21. The Bertz CT molecular complexity index is 1350. The highest BCUT2D eigenvalue weighted by Crippen LogP contribution is 2.51. The Morgan fingerprint density at radius 1 is 0.771 bits per heavy atom. The van der Waals surface area contributed by atoms with E-state index in [9.17, 15) is 38.8 Å². The van der Waals surface area contributed by atoms with Crippen LogP contribution in [0.15, 0.2) is 60.7 Å². The zero-order chi connectivity index (χ0) is 35.3. The molecule has 1 aliphatic rings. The highest BCUT2D eigenvalue weighted by Gasteiger charge is 2.41. The molecule has 1 unspecified atom stereocenters. The van der Waals surface area contributed by atoms with E-state index in [0.29, 0.717) is 25.7 Å². The van der Waals surface area contributed by atoms with E-state index < -0.39 is 76.6 Å². The van der Waals surface area contributed by atoms with Gasteiger partial charge in [-0.25, -0.2) is 4.57 Å². The number of nitrogens with zero attached hydrogens (tertiary/aromatic N) is 3. The lowest BCUT2D eigenvalue weighted by molar-refractivity contribution is -0.143.